The molecule has 2 unspecified atom stereocenters. The Morgan fingerprint density at radius 1 is 0.889 bits per heavy atom. The molecule has 9 heteroatoms. The van der Waals surface area contributed by atoms with Crippen molar-refractivity contribution in [3.63, 3.8) is 0 Å². The van der Waals surface area contributed by atoms with Gasteiger partial charge in [0.1, 0.15) is 11.5 Å². The van der Waals surface area contributed by atoms with Crippen molar-refractivity contribution in [1.29, 1.82) is 0 Å². The van der Waals surface area contributed by atoms with Gasteiger partial charge in [0.25, 0.3) is 0 Å². The topological polar surface area (TPSA) is 119 Å². The first-order chi connectivity index (χ1) is 12.9. The van der Waals surface area contributed by atoms with Gasteiger partial charge in [-0.1, -0.05) is 0 Å². The molecule has 0 spiro atoms. The Balaban J connectivity index is 1.50. The van der Waals surface area contributed by atoms with Crippen LogP contribution >= 0.6 is 0 Å². The van der Waals surface area contributed by atoms with Gasteiger partial charge in [0.15, 0.2) is 9.84 Å². The molecule has 3 rings (SSSR count). The zero-order valence-electron chi connectivity index (χ0n) is 14.7. The molecule has 27 heavy (non-hydrogen) atoms. The number of furan rings is 2. The van der Waals surface area contributed by atoms with E-state index in [1.54, 1.807) is 24.3 Å². The molecule has 3 heterocycles. The van der Waals surface area contributed by atoms with Gasteiger partial charge in [-0.25, -0.2) is 8.42 Å². The molecule has 8 nitrogen and oxygen atoms in total. The molecule has 0 saturated carbocycles. The Labute approximate surface area is 157 Å². The second-order valence-corrected chi connectivity index (χ2v) is 8.87. The third-order valence-corrected chi connectivity index (χ3v) is 6.45. The average molecular weight is 394 g/mol. The van der Waals surface area contributed by atoms with Crippen molar-refractivity contribution in [3.8, 4) is 0 Å². The van der Waals surface area contributed by atoms with E-state index in [0.29, 0.717) is 11.5 Å². The minimum Gasteiger partial charge on any atom is -0.467 e. The van der Waals surface area contributed by atoms with Crippen LogP contribution in [0.15, 0.2) is 45.6 Å². The number of carbonyl (C=O) groups is 2. The number of rotatable bonds is 8. The molecule has 146 valence electrons. The quantitative estimate of drug-likeness (QED) is 0.695. The van der Waals surface area contributed by atoms with Crippen LogP contribution in [0.2, 0.25) is 0 Å². The van der Waals surface area contributed by atoms with Gasteiger partial charge in [0.05, 0.1) is 37.1 Å². The molecule has 2 aromatic heterocycles. The van der Waals surface area contributed by atoms with Crippen LogP contribution in [0.3, 0.4) is 0 Å². The molecular formula is C18H22N2O6S. The van der Waals surface area contributed by atoms with Crippen LogP contribution < -0.4 is 10.6 Å². The highest BCUT2D eigenvalue weighted by Crippen LogP contribution is 2.30. The van der Waals surface area contributed by atoms with Crippen molar-refractivity contribution in [2.24, 2.45) is 11.8 Å². The van der Waals surface area contributed by atoms with Crippen molar-refractivity contribution < 1.29 is 26.8 Å². The van der Waals surface area contributed by atoms with Crippen LogP contribution in [0.1, 0.15) is 24.4 Å². The molecule has 0 aromatic carbocycles. The van der Waals surface area contributed by atoms with Gasteiger partial charge in [-0.3, -0.25) is 9.59 Å². The number of carbonyl (C=O) groups excluding carboxylic acids is 2. The van der Waals surface area contributed by atoms with E-state index in [2.05, 4.69) is 10.6 Å². The maximum absolute atomic E-state index is 12.2. The van der Waals surface area contributed by atoms with E-state index in [0.717, 1.165) is 0 Å². The van der Waals surface area contributed by atoms with Crippen molar-refractivity contribution in [2.75, 3.05) is 11.5 Å². The lowest BCUT2D eigenvalue weighted by atomic mass is 9.89. The number of sulfone groups is 1. The molecule has 2 amide bonds. The highest BCUT2D eigenvalue weighted by molar-refractivity contribution is 7.91. The van der Waals surface area contributed by atoms with Gasteiger partial charge in [0, 0.05) is 12.8 Å². The molecule has 1 aliphatic heterocycles. The molecular weight excluding hydrogens is 372 g/mol. The van der Waals surface area contributed by atoms with Crippen LogP contribution in [0.25, 0.3) is 0 Å². The summed E-state index contributed by atoms with van der Waals surface area (Å²) in [6.07, 6.45) is 3.16. The molecule has 2 aromatic rings. The molecule has 1 fully saturated rings. The molecule has 2 N–H and O–H groups in total. The first-order valence-corrected chi connectivity index (χ1v) is 10.5. The minimum absolute atomic E-state index is 0.0655. The zero-order valence-corrected chi connectivity index (χ0v) is 15.5. The summed E-state index contributed by atoms with van der Waals surface area (Å²) in [6, 6.07) is 6.93. The summed E-state index contributed by atoms with van der Waals surface area (Å²) in [5.74, 6) is -0.160. The zero-order chi connectivity index (χ0) is 19.3. The van der Waals surface area contributed by atoms with Gasteiger partial charge < -0.3 is 19.5 Å². The van der Waals surface area contributed by atoms with Crippen molar-refractivity contribution in [1.82, 2.24) is 10.6 Å². The fourth-order valence-electron chi connectivity index (χ4n) is 3.26. The largest absolute Gasteiger partial charge is 0.467 e. The second-order valence-electron chi connectivity index (χ2n) is 6.72. The summed E-state index contributed by atoms with van der Waals surface area (Å²) in [6.45, 7) is 0.499. The Morgan fingerprint density at radius 2 is 1.33 bits per heavy atom. The van der Waals surface area contributed by atoms with Crippen molar-refractivity contribution >= 4 is 21.7 Å². The minimum atomic E-state index is -3.25. The smallest absolute Gasteiger partial charge is 0.220 e. The van der Waals surface area contributed by atoms with E-state index in [1.165, 1.54) is 12.5 Å². The van der Waals surface area contributed by atoms with Gasteiger partial charge in [0.2, 0.25) is 11.8 Å². The SMILES string of the molecule is O=C(CC1CS(=O)(=O)CC1CC(=O)NCc1ccco1)NCc1ccco1. The van der Waals surface area contributed by atoms with Crippen LogP contribution in [-0.4, -0.2) is 31.7 Å². The fraction of sp³-hybridized carbons (Fsp3) is 0.444. The van der Waals surface area contributed by atoms with Crippen molar-refractivity contribution in [3.05, 3.63) is 48.3 Å². The average Bonchev–Trinajstić information content (AvgIpc) is 3.33. The molecule has 1 saturated heterocycles. The van der Waals surface area contributed by atoms with E-state index in [9.17, 15) is 18.0 Å². The maximum atomic E-state index is 12.2. The molecule has 0 aliphatic carbocycles. The Bertz CT molecular complexity index is 792. The van der Waals surface area contributed by atoms with E-state index in [-0.39, 0.29) is 61.1 Å². The van der Waals surface area contributed by atoms with Gasteiger partial charge in [-0.05, 0) is 36.1 Å². The number of nitrogens with one attached hydrogen (secondary N) is 2. The van der Waals surface area contributed by atoms with Gasteiger partial charge in [-0.15, -0.1) is 0 Å². The normalized spacial score (nSPS) is 21.0. The number of amides is 2. The van der Waals surface area contributed by atoms with Crippen molar-refractivity contribution in [2.45, 2.75) is 25.9 Å². The van der Waals surface area contributed by atoms with Gasteiger partial charge >= 0.3 is 0 Å². The first-order valence-electron chi connectivity index (χ1n) is 8.70. The third kappa shape index (κ3) is 5.72. The number of hydrogen-bond acceptors (Lipinski definition) is 6. The Kier molecular flexibility index (Phi) is 6.00. The summed E-state index contributed by atoms with van der Waals surface area (Å²) in [5, 5.41) is 5.43. The monoisotopic (exact) mass is 394 g/mol. The summed E-state index contributed by atoms with van der Waals surface area (Å²) in [4.78, 5) is 24.3. The predicted octanol–water partition coefficient (Wildman–Crippen LogP) is 1.25. The van der Waals surface area contributed by atoms with E-state index < -0.39 is 9.84 Å². The fourth-order valence-corrected chi connectivity index (χ4v) is 5.48. The molecule has 2 atom stereocenters. The third-order valence-electron chi connectivity index (χ3n) is 4.58. The number of hydrogen-bond donors (Lipinski definition) is 2. The van der Waals surface area contributed by atoms with E-state index in [1.807, 2.05) is 0 Å². The molecule has 0 bridgehead atoms. The second kappa shape index (κ2) is 8.43. The Hall–Kier alpha value is -2.55. The van der Waals surface area contributed by atoms with Crippen LogP contribution in [0.4, 0.5) is 0 Å². The van der Waals surface area contributed by atoms with Gasteiger partial charge in [-0.2, -0.15) is 0 Å². The highest BCUT2D eigenvalue weighted by atomic mass is 32.2. The van der Waals surface area contributed by atoms with Crippen LogP contribution in [-0.2, 0) is 32.5 Å². The summed E-state index contributed by atoms with van der Waals surface area (Å²) < 4.78 is 34.3. The standard InChI is InChI=1S/C18H22N2O6S/c21-17(19-9-15-3-1-5-25-15)7-13-11-27(23,24)12-14(13)8-18(22)20-10-16-4-2-6-26-16/h1-6,13-14H,7-12H2,(H,19,21)(H,20,22). The highest BCUT2D eigenvalue weighted by Gasteiger charge is 2.39. The summed E-state index contributed by atoms with van der Waals surface area (Å²) >= 11 is 0. The van der Waals surface area contributed by atoms with Crippen LogP contribution in [0.5, 0.6) is 0 Å². The molecule has 0 radical (unpaired) electrons. The molecule has 1 aliphatic rings. The Morgan fingerprint density at radius 3 is 1.70 bits per heavy atom. The summed E-state index contributed by atoms with van der Waals surface area (Å²) in [7, 11) is -3.25. The lowest BCUT2D eigenvalue weighted by Gasteiger charge is -2.17. The summed E-state index contributed by atoms with van der Waals surface area (Å²) in [5.41, 5.74) is 0. The maximum Gasteiger partial charge on any atom is 0.220 e. The first kappa shape index (κ1) is 19.2. The van der Waals surface area contributed by atoms with E-state index in [4.69, 9.17) is 8.83 Å². The lowest BCUT2D eigenvalue weighted by Crippen LogP contribution is -2.30. The van der Waals surface area contributed by atoms with Crippen LogP contribution in [0, 0.1) is 11.8 Å². The van der Waals surface area contributed by atoms with E-state index >= 15 is 0 Å². The predicted molar refractivity (Wildman–Crippen MR) is 96.0 cm³/mol. The lowest BCUT2D eigenvalue weighted by molar-refractivity contribution is -0.124.